The molecule has 23 heavy (non-hydrogen) atoms. The minimum absolute atomic E-state index is 0.0646. The number of nitrogens with one attached hydrogen (secondary N) is 2. The van der Waals surface area contributed by atoms with E-state index in [0.717, 1.165) is 13.0 Å². The molecule has 0 spiro atoms. The van der Waals surface area contributed by atoms with Gasteiger partial charge in [0.1, 0.15) is 0 Å². The standard InChI is InChI=1S/C12H20N6O5/c1-6(19)9(10(20)21)16-12(22)14-4-8-15-11(17-23-8)18-3-2-7(13)5-18/h6-7,9,19H,2-5,13H2,1H3,(H,20,21)(H2,14,16,22). The molecule has 0 bridgehead atoms. The molecule has 11 heteroatoms. The van der Waals surface area contributed by atoms with Gasteiger partial charge in [0.15, 0.2) is 6.04 Å². The number of aliphatic hydroxyl groups excluding tert-OH is 1. The maximum absolute atomic E-state index is 11.6. The Morgan fingerprint density at radius 3 is 2.87 bits per heavy atom. The van der Waals surface area contributed by atoms with Crippen LogP contribution in [0.5, 0.6) is 0 Å². The summed E-state index contributed by atoms with van der Waals surface area (Å²) in [5, 5.41) is 26.5. The smallest absolute Gasteiger partial charge is 0.328 e. The van der Waals surface area contributed by atoms with Crippen molar-refractivity contribution in [1.29, 1.82) is 0 Å². The second kappa shape index (κ2) is 7.24. The zero-order valence-corrected chi connectivity index (χ0v) is 12.6. The first kappa shape index (κ1) is 17.0. The van der Waals surface area contributed by atoms with Crippen molar-refractivity contribution in [3.8, 4) is 0 Å². The number of carbonyl (C=O) groups is 2. The van der Waals surface area contributed by atoms with Crippen molar-refractivity contribution in [3.63, 3.8) is 0 Å². The van der Waals surface area contributed by atoms with E-state index in [-0.39, 0.29) is 18.5 Å². The fraction of sp³-hybridized carbons (Fsp3) is 0.667. The zero-order valence-electron chi connectivity index (χ0n) is 12.6. The lowest BCUT2D eigenvalue weighted by Crippen LogP contribution is -2.51. The summed E-state index contributed by atoms with van der Waals surface area (Å²) in [5.41, 5.74) is 5.80. The molecule has 1 aromatic heterocycles. The summed E-state index contributed by atoms with van der Waals surface area (Å²) in [6, 6.07) is -2.09. The van der Waals surface area contributed by atoms with Crippen molar-refractivity contribution in [2.45, 2.75) is 38.1 Å². The summed E-state index contributed by atoms with van der Waals surface area (Å²) in [4.78, 5) is 28.5. The van der Waals surface area contributed by atoms with Crippen molar-refractivity contribution in [3.05, 3.63) is 5.89 Å². The summed E-state index contributed by atoms with van der Waals surface area (Å²) in [6.45, 7) is 2.58. The third-order valence-corrected chi connectivity index (χ3v) is 3.40. The molecule has 1 aliphatic heterocycles. The number of anilines is 1. The Hall–Kier alpha value is -2.40. The second-order valence-electron chi connectivity index (χ2n) is 5.37. The number of amides is 2. The predicted octanol–water partition coefficient (Wildman–Crippen LogP) is -1.76. The number of urea groups is 1. The molecule has 0 radical (unpaired) electrons. The SMILES string of the molecule is CC(O)C(NC(=O)NCc1nc(N2CCC(N)C2)no1)C(=O)O. The molecule has 11 nitrogen and oxygen atoms in total. The zero-order chi connectivity index (χ0) is 17.0. The van der Waals surface area contributed by atoms with Gasteiger partial charge >= 0.3 is 12.0 Å². The quantitative estimate of drug-likeness (QED) is 0.406. The monoisotopic (exact) mass is 328 g/mol. The van der Waals surface area contributed by atoms with Crippen LogP contribution in [-0.2, 0) is 11.3 Å². The number of carboxylic acids is 1. The van der Waals surface area contributed by atoms with Crippen molar-refractivity contribution < 1.29 is 24.3 Å². The molecule has 128 valence electrons. The lowest BCUT2D eigenvalue weighted by Gasteiger charge is -2.16. The third kappa shape index (κ3) is 4.53. The van der Waals surface area contributed by atoms with Crippen LogP contribution in [0.25, 0.3) is 0 Å². The van der Waals surface area contributed by atoms with Gasteiger partial charge in [-0.1, -0.05) is 0 Å². The molecule has 1 fully saturated rings. The Bertz CT molecular complexity index is 562. The number of aliphatic hydroxyl groups is 1. The van der Waals surface area contributed by atoms with Gasteiger partial charge in [0, 0.05) is 19.1 Å². The molecule has 1 aliphatic rings. The van der Waals surface area contributed by atoms with Gasteiger partial charge in [-0.15, -0.1) is 0 Å². The van der Waals surface area contributed by atoms with Crippen LogP contribution in [0.2, 0.25) is 0 Å². The Morgan fingerprint density at radius 1 is 1.57 bits per heavy atom. The van der Waals surface area contributed by atoms with Gasteiger partial charge in [-0.25, -0.2) is 9.59 Å². The molecule has 1 saturated heterocycles. The summed E-state index contributed by atoms with van der Waals surface area (Å²) >= 11 is 0. The van der Waals surface area contributed by atoms with Crippen LogP contribution in [0.15, 0.2) is 4.52 Å². The average molecular weight is 328 g/mol. The van der Waals surface area contributed by atoms with E-state index in [0.29, 0.717) is 12.5 Å². The van der Waals surface area contributed by atoms with Crippen molar-refractivity contribution in [2.75, 3.05) is 18.0 Å². The maximum Gasteiger partial charge on any atom is 0.328 e. The Labute approximate surface area is 131 Å². The highest BCUT2D eigenvalue weighted by atomic mass is 16.5. The first-order valence-corrected chi connectivity index (χ1v) is 7.15. The van der Waals surface area contributed by atoms with Gasteiger partial charge in [0.2, 0.25) is 5.89 Å². The maximum atomic E-state index is 11.6. The molecular formula is C12H20N6O5. The molecule has 0 aliphatic carbocycles. The van der Waals surface area contributed by atoms with E-state index in [1.807, 2.05) is 4.90 Å². The van der Waals surface area contributed by atoms with Gasteiger partial charge in [0.05, 0.1) is 12.6 Å². The number of nitrogens with zero attached hydrogens (tertiary/aromatic N) is 3. The van der Waals surface area contributed by atoms with Crippen LogP contribution in [0, 0.1) is 0 Å². The van der Waals surface area contributed by atoms with E-state index in [2.05, 4.69) is 20.8 Å². The van der Waals surface area contributed by atoms with Crippen LogP contribution in [0.1, 0.15) is 19.2 Å². The summed E-state index contributed by atoms with van der Waals surface area (Å²) in [7, 11) is 0. The highest BCUT2D eigenvalue weighted by Gasteiger charge is 2.26. The second-order valence-corrected chi connectivity index (χ2v) is 5.37. The van der Waals surface area contributed by atoms with Gasteiger partial charge in [-0.3, -0.25) is 0 Å². The van der Waals surface area contributed by atoms with Crippen LogP contribution < -0.4 is 21.3 Å². The molecule has 2 amide bonds. The summed E-state index contributed by atoms with van der Waals surface area (Å²) in [5.74, 6) is -0.748. The Balaban J connectivity index is 1.83. The fourth-order valence-electron chi connectivity index (χ4n) is 2.15. The van der Waals surface area contributed by atoms with Gasteiger partial charge in [0.25, 0.3) is 5.95 Å². The fourth-order valence-corrected chi connectivity index (χ4v) is 2.15. The van der Waals surface area contributed by atoms with Gasteiger partial charge in [-0.2, -0.15) is 4.98 Å². The van der Waals surface area contributed by atoms with E-state index in [4.69, 9.17) is 15.4 Å². The lowest BCUT2D eigenvalue weighted by atomic mass is 10.2. The molecule has 2 heterocycles. The van der Waals surface area contributed by atoms with Crippen LogP contribution in [0.3, 0.4) is 0 Å². The van der Waals surface area contributed by atoms with E-state index in [9.17, 15) is 14.7 Å². The molecule has 6 N–H and O–H groups in total. The molecule has 0 saturated carbocycles. The number of hydrogen-bond donors (Lipinski definition) is 5. The Morgan fingerprint density at radius 2 is 2.30 bits per heavy atom. The number of aromatic nitrogens is 2. The first-order valence-electron chi connectivity index (χ1n) is 7.15. The molecule has 3 unspecified atom stereocenters. The molecular weight excluding hydrogens is 308 g/mol. The highest BCUT2D eigenvalue weighted by molar-refractivity contribution is 5.82. The molecule has 1 aromatic rings. The van der Waals surface area contributed by atoms with E-state index < -0.39 is 24.1 Å². The number of carboxylic acid groups (broad SMARTS) is 1. The van der Waals surface area contributed by atoms with E-state index >= 15 is 0 Å². The highest BCUT2D eigenvalue weighted by Crippen LogP contribution is 2.15. The lowest BCUT2D eigenvalue weighted by molar-refractivity contribution is -0.141. The topological polar surface area (TPSA) is 167 Å². The molecule has 3 atom stereocenters. The number of aliphatic carboxylic acids is 1. The third-order valence-electron chi connectivity index (χ3n) is 3.40. The van der Waals surface area contributed by atoms with E-state index in [1.165, 1.54) is 6.92 Å². The van der Waals surface area contributed by atoms with Crippen LogP contribution in [0.4, 0.5) is 10.7 Å². The van der Waals surface area contributed by atoms with Crippen LogP contribution >= 0.6 is 0 Å². The van der Waals surface area contributed by atoms with Crippen molar-refractivity contribution >= 4 is 17.9 Å². The number of rotatable bonds is 6. The average Bonchev–Trinajstić information content (AvgIpc) is 3.10. The van der Waals surface area contributed by atoms with Crippen molar-refractivity contribution in [1.82, 2.24) is 20.8 Å². The van der Waals surface area contributed by atoms with Gasteiger partial charge in [-0.05, 0) is 18.5 Å². The number of hydrogen-bond acceptors (Lipinski definition) is 8. The first-order chi connectivity index (χ1) is 10.9. The minimum Gasteiger partial charge on any atom is -0.480 e. The van der Waals surface area contributed by atoms with Crippen LogP contribution in [-0.4, -0.2) is 63.6 Å². The summed E-state index contributed by atoms with van der Waals surface area (Å²) < 4.78 is 5.01. The van der Waals surface area contributed by atoms with Gasteiger partial charge < -0.3 is 36.0 Å². The van der Waals surface area contributed by atoms with Crippen molar-refractivity contribution in [2.24, 2.45) is 5.73 Å². The normalized spacial score (nSPS) is 20.1. The largest absolute Gasteiger partial charge is 0.480 e. The Kier molecular flexibility index (Phi) is 5.34. The predicted molar refractivity (Wildman–Crippen MR) is 77.6 cm³/mol. The number of nitrogens with two attached hydrogens (primary N) is 1. The van der Waals surface area contributed by atoms with E-state index in [1.54, 1.807) is 0 Å². The minimum atomic E-state index is -1.40. The molecule has 2 rings (SSSR count). The number of carbonyl (C=O) groups excluding carboxylic acids is 1. The summed E-state index contributed by atoms with van der Waals surface area (Å²) in [6.07, 6.45) is -0.381. The molecule has 0 aromatic carbocycles.